The summed E-state index contributed by atoms with van der Waals surface area (Å²) in [6.07, 6.45) is -0.657. The van der Waals surface area contributed by atoms with Crippen molar-refractivity contribution < 1.29 is 14.6 Å². The number of benzene rings is 2. The molecule has 3 aromatic rings. The molecule has 3 N–H and O–H groups in total. The molecule has 4 rings (SSSR count). The number of fused-ring (bicyclic) bond motifs is 2. The number of hydrogen-bond acceptors (Lipinski definition) is 5. The predicted octanol–water partition coefficient (Wildman–Crippen LogP) is 3.13. The third-order valence-corrected chi connectivity index (χ3v) is 4.12. The number of nitrogens with one attached hydrogen (secondary N) is 2. The van der Waals surface area contributed by atoms with Crippen LogP contribution in [0.2, 0.25) is 5.02 Å². The van der Waals surface area contributed by atoms with Gasteiger partial charge in [0.25, 0.3) is 0 Å². The molecule has 124 valence electrons. The van der Waals surface area contributed by atoms with Crippen LogP contribution in [0, 0.1) is 0 Å². The Kier molecular flexibility index (Phi) is 3.92. The first kappa shape index (κ1) is 15.1. The van der Waals surface area contributed by atoms with Crippen molar-refractivity contribution >= 4 is 28.6 Å². The topological polar surface area (TPSA) is 79.4 Å². The minimum Gasteiger partial charge on any atom is -0.486 e. The van der Waals surface area contributed by atoms with Gasteiger partial charge in [0.1, 0.15) is 13.2 Å². The molecule has 2 heterocycles. The molecular weight excluding hydrogens is 330 g/mol. The number of imidazole rings is 1. The van der Waals surface area contributed by atoms with Gasteiger partial charge in [0, 0.05) is 23.7 Å². The summed E-state index contributed by atoms with van der Waals surface area (Å²) in [6.45, 7) is 1.42. The van der Waals surface area contributed by atoms with E-state index in [1.165, 1.54) is 0 Å². The molecule has 0 saturated carbocycles. The predicted molar refractivity (Wildman–Crippen MR) is 92.0 cm³/mol. The minimum absolute atomic E-state index is 0.328. The largest absolute Gasteiger partial charge is 0.486 e. The first-order chi connectivity index (χ1) is 11.7. The number of nitrogens with zero attached hydrogens (tertiary/aromatic N) is 1. The minimum atomic E-state index is -0.657. The number of hydrogen-bond donors (Lipinski definition) is 3. The lowest BCUT2D eigenvalue weighted by Crippen LogP contribution is -2.15. The molecule has 7 heteroatoms. The average Bonchev–Trinajstić information content (AvgIpc) is 3.00. The van der Waals surface area contributed by atoms with E-state index in [2.05, 4.69) is 15.3 Å². The molecule has 0 aliphatic carbocycles. The lowest BCUT2D eigenvalue weighted by atomic mass is 10.1. The van der Waals surface area contributed by atoms with Crippen LogP contribution in [-0.4, -0.2) is 34.8 Å². The second-order valence-corrected chi connectivity index (χ2v) is 5.98. The van der Waals surface area contributed by atoms with E-state index in [0.717, 1.165) is 16.6 Å². The summed E-state index contributed by atoms with van der Waals surface area (Å²) in [6, 6.07) is 10.8. The summed E-state index contributed by atoms with van der Waals surface area (Å²) in [7, 11) is 0. The zero-order valence-electron chi connectivity index (χ0n) is 12.8. The summed E-state index contributed by atoms with van der Waals surface area (Å²) in [5.41, 5.74) is 2.42. The Bertz CT molecular complexity index is 820. The van der Waals surface area contributed by atoms with E-state index in [-0.39, 0.29) is 0 Å². The molecule has 0 bridgehead atoms. The first-order valence-corrected chi connectivity index (χ1v) is 8.03. The van der Waals surface area contributed by atoms with Crippen LogP contribution in [0.4, 0.5) is 5.95 Å². The van der Waals surface area contributed by atoms with Gasteiger partial charge < -0.3 is 24.9 Å². The van der Waals surface area contributed by atoms with Crippen molar-refractivity contribution in [3.63, 3.8) is 0 Å². The SMILES string of the molecule is OC(CNc1nc2cc3c(cc2[nH]1)OCCO3)c1ccc(Cl)cc1. The lowest BCUT2D eigenvalue weighted by Gasteiger charge is -2.17. The maximum atomic E-state index is 10.2. The number of rotatable bonds is 4. The summed E-state index contributed by atoms with van der Waals surface area (Å²) < 4.78 is 11.1. The molecule has 1 aliphatic heterocycles. The van der Waals surface area contributed by atoms with Crippen LogP contribution in [0.15, 0.2) is 36.4 Å². The third-order valence-electron chi connectivity index (χ3n) is 3.86. The van der Waals surface area contributed by atoms with Gasteiger partial charge in [-0.15, -0.1) is 0 Å². The van der Waals surface area contributed by atoms with Gasteiger partial charge in [-0.2, -0.15) is 0 Å². The maximum absolute atomic E-state index is 10.2. The van der Waals surface area contributed by atoms with E-state index >= 15 is 0 Å². The van der Waals surface area contributed by atoms with E-state index in [0.29, 0.717) is 42.2 Å². The molecule has 24 heavy (non-hydrogen) atoms. The number of ether oxygens (including phenoxy) is 2. The summed E-state index contributed by atoms with van der Waals surface area (Å²) in [4.78, 5) is 7.64. The second kappa shape index (κ2) is 6.22. The van der Waals surface area contributed by atoms with Crippen LogP contribution >= 0.6 is 11.6 Å². The van der Waals surface area contributed by atoms with Crippen LogP contribution in [0.25, 0.3) is 11.0 Å². The first-order valence-electron chi connectivity index (χ1n) is 7.66. The van der Waals surface area contributed by atoms with Gasteiger partial charge in [-0.05, 0) is 17.7 Å². The Morgan fingerprint density at radius 2 is 1.88 bits per heavy atom. The highest BCUT2D eigenvalue weighted by Gasteiger charge is 2.15. The molecule has 1 unspecified atom stereocenters. The van der Waals surface area contributed by atoms with Crippen molar-refractivity contribution in [2.45, 2.75) is 6.10 Å². The van der Waals surface area contributed by atoms with Crippen molar-refractivity contribution in [3.05, 3.63) is 47.0 Å². The highest BCUT2D eigenvalue weighted by atomic mass is 35.5. The molecule has 1 aromatic heterocycles. The molecule has 1 aliphatic rings. The van der Waals surface area contributed by atoms with Crippen molar-refractivity contribution in [3.8, 4) is 11.5 Å². The van der Waals surface area contributed by atoms with E-state index in [1.54, 1.807) is 24.3 Å². The van der Waals surface area contributed by atoms with Gasteiger partial charge in [-0.1, -0.05) is 23.7 Å². The van der Waals surface area contributed by atoms with E-state index in [1.807, 2.05) is 12.1 Å². The maximum Gasteiger partial charge on any atom is 0.201 e. The molecule has 0 saturated heterocycles. The van der Waals surface area contributed by atoms with Gasteiger partial charge in [0.05, 0.1) is 17.1 Å². The van der Waals surface area contributed by atoms with Crippen molar-refractivity contribution in [2.24, 2.45) is 0 Å². The lowest BCUT2D eigenvalue weighted by molar-refractivity contribution is 0.172. The fourth-order valence-corrected chi connectivity index (χ4v) is 2.75. The normalized spacial score (nSPS) is 14.6. The Balaban J connectivity index is 1.49. The molecule has 2 aromatic carbocycles. The summed E-state index contributed by atoms with van der Waals surface area (Å²) >= 11 is 5.86. The number of aliphatic hydroxyl groups is 1. The number of aliphatic hydroxyl groups excluding tert-OH is 1. The monoisotopic (exact) mass is 345 g/mol. The molecule has 1 atom stereocenters. The Hall–Kier alpha value is -2.44. The standard InChI is InChI=1S/C17H16ClN3O3/c18-11-3-1-10(2-4-11)14(22)9-19-17-20-12-7-15-16(8-13(12)21-17)24-6-5-23-15/h1-4,7-8,14,22H,5-6,9H2,(H2,19,20,21). The Morgan fingerprint density at radius 1 is 1.17 bits per heavy atom. The number of aromatic amines is 1. The number of H-pyrrole nitrogens is 1. The zero-order chi connectivity index (χ0) is 16.5. The molecule has 0 spiro atoms. The van der Waals surface area contributed by atoms with Crippen LogP contribution in [0.5, 0.6) is 11.5 Å². The van der Waals surface area contributed by atoms with Gasteiger partial charge in [-0.3, -0.25) is 0 Å². The Labute approximate surface area is 143 Å². The van der Waals surface area contributed by atoms with Gasteiger partial charge >= 0.3 is 0 Å². The number of anilines is 1. The van der Waals surface area contributed by atoms with E-state index in [4.69, 9.17) is 21.1 Å². The highest BCUT2D eigenvalue weighted by molar-refractivity contribution is 6.30. The smallest absolute Gasteiger partial charge is 0.201 e. The number of aromatic nitrogens is 2. The van der Waals surface area contributed by atoms with Crippen LogP contribution in [-0.2, 0) is 0 Å². The Morgan fingerprint density at radius 3 is 2.62 bits per heavy atom. The zero-order valence-corrected chi connectivity index (χ0v) is 13.5. The van der Waals surface area contributed by atoms with Gasteiger partial charge in [0.2, 0.25) is 5.95 Å². The third kappa shape index (κ3) is 2.98. The van der Waals surface area contributed by atoms with E-state index < -0.39 is 6.10 Å². The molecular formula is C17H16ClN3O3. The van der Waals surface area contributed by atoms with Crippen LogP contribution in [0.1, 0.15) is 11.7 Å². The van der Waals surface area contributed by atoms with Crippen LogP contribution < -0.4 is 14.8 Å². The van der Waals surface area contributed by atoms with Crippen LogP contribution in [0.3, 0.4) is 0 Å². The molecule has 0 fully saturated rings. The number of halogens is 1. The molecule has 0 radical (unpaired) electrons. The van der Waals surface area contributed by atoms with E-state index in [9.17, 15) is 5.11 Å². The molecule has 6 nitrogen and oxygen atoms in total. The summed E-state index contributed by atoms with van der Waals surface area (Å²) in [5.74, 6) is 2.00. The fourth-order valence-electron chi connectivity index (χ4n) is 2.63. The fraction of sp³-hybridized carbons (Fsp3) is 0.235. The van der Waals surface area contributed by atoms with Gasteiger partial charge in [-0.25, -0.2) is 4.98 Å². The van der Waals surface area contributed by atoms with Crippen molar-refractivity contribution in [1.82, 2.24) is 9.97 Å². The van der Waals surface area contributed by atoms with Crippen molar-refractivity contribution in [1.29, 1.82) is 0 Å². The van der Waals surface area contributed by atoms with Crippen molar-refractivity contribution in [2.75, 3.05) is 25.1 Å². The van der Waals surface area contributed by atoms with Gasteiger partial charge in [0.15, 0.2) is 11.5 Å². The highest BCUT2D eigenvalue weighted by Crippen LogP contribution is 2.34. The second-order valence-electron chi connectivity index (χ2n) is 5.55. The quantitative estimate of drug-likeness (QED) is 0.677. The molecule has 0 amide bonds. The average molecular weight is 346 g/mol. The summed E-state index contributed by atoms with van der Waals surface area (Å²) in [5, 5.41) is 14.0.